The smallest absolute Gasteiger partial charge is 0.0462 e. The number of hydrogen-bond donors (Lipinski definition) is 0. The Morgan fingerprint density at radius 2 is 0.795 bits per heavy atom. The first-order valence-corrected chi connectivity index (χ1v) is 15.2. The van der Waals surface area contributed by atoms with Crippen LogP contribution in [0.15, 0.2) is 97.1 Å². The van der Waals surface area contributed by atoms with Crippen LogP contribution >= 0.6 is 0 Å². The highest BCUT2D eigenvalue weighted by atomic mass is 15.1. The van der Waals surface area contributed by atoms with E-state index in [1.807, 2.05) is 0 Å². The minimum absolute atomic E-state index is 0.170. The Bertz CT molecular complexity index is 1280. The Balaban J connectivity index is 1.31. The van der Waals surface area contributed by atoms with Gasteiger partial charge in [0.2, 0.25) is 0 Å². The van der Waals surface area contributed by atoms with Gasteiger partial charge in [-0.05, 0) is 107 Å². The summed E-state index contributed by atoms with van der Waals surface area (Å²) >= 11 is 0. The molecular formula is C38H43N. The van der Waals surface area contributed by atoms with E-state index >= 15 is 0 Å². The summed E-state index contributed by atoms with van der Waals surface area (Å²) in [6.07, 6.45) is 10.8. The van der Waals surface area contributed by atoms with Gasteiger partial charge in [-0.15, -0.1) is 0 Å². The van der Waals surface area contributed by atoms with Crippen LogP contribution in [-0.2, 0) is 5.41 Å². The summed E-state index contributed by atoms with van der Waals surface area (Å²) < 4.78 is 0. The summed E-state index contributed by atoms with van der Waals surface area (Å²) in [7, 11) is 0. The van der Waals surface area contributed by atoms with Crippen molar-refractivity contribution >= 4 is 17.1 Å². The van der Waals surface area contributed by atoms with E-state index in [2.05, 4.69) is 123 Å². The van der Waals surface area contributed by atoms with Crippen molar-refractivity contribution in [2.75, 3.05) is 4.90 Å². The lowest BCUT2D eigenvalue weighted by Gasteiger charge is -2.27. The van der Waals surface area contributed by atoms with Crippen LogP contribution < -0.4 is 4.90 Å². The lowest BCUT2D eigenvalue weighted by molar-refractivity contribution is 0.590. The Morgan fingerprint density at radius 1 is 0.462 bits per heavy atom. The van der Waals surface area contributed by atoms with Crippen molar-refractivity contribution in [3.63, 3.8) is 0 Å². The molecule has 4 aromatic carbocycles. The van der Waals surface area contributed by atoms with Crippen LogP contribution in [0.25, 0.3) is 11.1 Å². The predicted molar refractivity (Wildman–Crippen MR) is 168 cm³/mol. The second kappa shape index (κ2) is 11.0. The van der Waals surface area contributed by atoms with E-state index in [1.54, 1.807) is 0 Å². The highest BCUT2D eigenvalue weighted by Gasteiger charge is 2.20. The number of nitrogens with zero attached hydrogens (tertiary/aromatic N) is 1. The van der Waals surface area contributed by atoms with Gasteiger partial charge in [-0.1, -0.05) is 107 Å². The third-order valence-electron chi connectivity index (χ3n) is 9.17. The zero-order chi connectivity index (χ0) is 26.8. The van der Waals surface area contributed by atoms with Gasteiger partial charge in [0.05, 0.1) is 0 Å². The molecule has 0 atom stereocenters. The van der Waals surface area contributed by atoms with Gasteiger partial charge in [0.1, 0.15) is 0 Å². The number of anilines is 3. The van der Waals surface area contributed by atoms with E-state index in [-0.39, 0.29) is 5.41 Å². The first-order valence-electron chi connectivity index (χ1n) is 15.2. The molecule has 0 amide bonds. The molecule has 2 aliphatic rings. The Labute approximate surface area is 235 Å². The van der Waals surface area contributed by atoms with Crippen molar-refractivity contribution < 1.29 is 0 Å². The Hall–Kier alpha value is -3.32. The molecule has 0 N–H and O–H groups in total. The van der Waals surface area contributed by atoms with Crippen LogP contribution in [0.4, 0.5) is 17.1 Å². The molecule has 4 aromatic rings. The van der Waals surface area contributed by atoms with Gasteiger partial charge in [-0.3, -0.25) is 0 Å². The minimum Gasteiger partial charge on any atom is -0.311 e. The molecule has 0 aromatic heterocycles. The SMILES string of the molecule is CC(C)(C)c1ccc(-c2ccc(N(c3ccc(C4CCCC4)cc3)c3ccc(C4CCCC4)cc3)cc2)cc1. The highest BCUT2D eigenvalue weighted by molar-refractivity contribution is 5.78. The molecule has 0 unspecified atom stereocenters. The van der Waals surface area contributed by atoms with E-state index < -0.39 is 0 Å². The monoisotopic (exact) mass is 513 g/mol. The molecule has 0 heterocycles. The standard InChI is InChI=1S/C38H43N/c1-38(2,3)34-20-12-30(13-21-34)33-18-26-37(27-19-33)39(35-22-14-31(15-23-35)28-8-4-5-9-28)36-24-16-32(17-25-36)29-10-6-7-11-29/h12-29H,4-11H2,1-3H3. The van der Waals surface area contributed by atoms with Crippen LogP contribution in [0.3, 0.4) is 0 Å². The van der Waals surface area contributed by atoms with Crippen LogP contribution in [0, 0.1) is 0 Å². The summed E-state index contributed by atoms with van der Waals surface area (Å²) in [6.45, 7) is 6.81. The van der Waals surface area contributed by atoms with Crippen LogP contribution in [0.2, 0.25) is 0 Å². The fourth-order valence-electron chi connectivity index (χ4n) is 6.72. The third-order valence-corrected chi connectivity index (χ3v) is 9.17. The molecule has 39 heavy (non-hydrogen) atoms. The maximum atomic E-state index is 2.42. The van der Waals surface area contributed by atoms with Crippen molar-refractivity contribution in [2.45, 2.75) is 89.4 Å². The van der Waals surface area contributed by atoms with Crippen molar-refractivity contribution in [2.24, 2.45) is 0 Å². The second-order valence-electron chi connectivity index (χ2n) is 12.9. The van der Waals surface area contributed by atoms with Crippen LogP contribution in [0.5, 0.6) is 0 Å². The van der Waals surface area contributed by atoms with Gasteiger partial charge >= 0.3 is 0 Å². The average molecular weight is 514 g/mol. The van der Waals surface area contributed by atoms with Crippen LogP contribution in [-0.4, -0.2) is 0 Å². The molecule has 0 saturated heterocycles. The van der Waals surface area contributed by atoms with E-state index in [9.17, 15) is 0 Å². The summed E-state index contributed by atoms with van der Waals surface area (Å²) in [6, 6.07) is 37.0. The first kappa shape index (κ1) is 25.9. The first-order chi connectivity index (χ1) is 19.0. The third kappa shape index (κ3) is 5.69. The number of hydrogen-bond acceptors (Lipinski definition) is 1. The predicted octanol–water partition coefficient (Wildman–Crippen LogP) is 11.4. The van der Waals surface area contributed by atoms with Gasteiger partial charge in [0.15, 0.2) is 0 Å². The summed E-state index contributed by atoms with van der Waals surface area (Å²) in [5.74, 6) is 1.48. The number of rotatable bonds is 6. The fourth-order valence-corrected chi connectivity index (χ4v) is 6.72. The quantitative estimate of drug-likeness (QED) is 0.248. The molecule has 6 rings (SSSR count). The molecule has 0 aliphatic heterocycles. The van der Waals surface area contributed by atoms with Gasteiger partial charge < -0.3 is 4.90 Å². The normalized spacial score (nSPS) is 16.6. The lowest BCUT2D eigenvalue weighted by atomic mass is 9.86. The minimum atomic E-state index is 0.170. The van der Waals surface area contributed by atoms with Crippen molar-refractivity contribution in [3.8, 4) is 11.1 Å². The summed E-state index contributed by atoms with van der Waals surface area (Å²) in [4.78, 5) is 2.42. The second-order valence-corrected chi connectivity index (χ2v) is 12.9. The summed E-state index contributed by atoms with van der Waals surface area (Å²) in [5.41, 5.74) is 10.7. The molecule has 0 spiro atoms. The fraction of sp³-hybridized carbons (Fsp3) is 0.368. The molecule has 2 saturated carbocycles. The summed E-state index contributed by atoms with van der Waals surface area (Å²) in [5, 5.41) is 0. The van der Waals surface area contributed by atoms with Gasteiger partial charge in [-0.25, -0.2) is 0 Å². The van der Waals surface area contributed by atoms with Crippen molar-refractivity contribution in [1.29, 1.82) is 0 Å². The molecular weight excluding hydrogens is 470 g/mol. The van der Waals surface area contributed by atoms with E-state index in [0.29, 0.717) is 0 Å². The molecule has 0 radical (unpaired) electrons. The topological polar surface area (TPSA) is 3.24 Å². The van der Waals surface area contributed by atoms with E-state index in [0.717, 1.165) is 11.8 Å². The molecule has 2 aliphatic carbocycles. The van der Waals surface area contributed by atoms with E-state index in [1.165, 1.54) is 96.2 Å². The zero-order valence-electron chi connectivity index (χ0n) is 24.0. The molecule has 2 fully saturated rings. The molecule has 1 heteroatoms. The molecule has 0 bridgehead atoms. The maximum absolute atomic E-state index is 2.42. The Morgan fingerprint density at radius 3 is 1.15 bits per heavy atom. The van der Waals surface area contributed by atoms with Gasteiger partial charge in [0.25, 0.3) is 0 Å². The van der Waals surface area contributed by atoms with Gasteiger partial charge in [0, 0.05) is 17.1 Å². The lowest BCUT2D eigenvalue weighted by Crippen LogP contribution is -2.10. The van der Waals surface area contributed by atoms with Crippen molar-refractivity contribution in [1.82, 2.24) is 0 Å². The van der Waals surface area contributed by atoms with Crippen molar-refractivity contribution in [3.05, 3.63) is 114 Å². The maximum Gasteiger partial charge on any atom is 0.0462 e. The van der Waals surface area contributed by atoms with E-state index in [4.69, 9.17) is 0 Å². The average Bonchev–Trinajstić information content (AvgIpc) is 3.70. The highest BCUT2D eigenvalue weighted by Crippen LogP contribution is 2.40. The zero-order valence-corrected chi connectivity index (χ0v) is 24.0. The Kier molecular flexibility index (Phi) is 7.34. The largest absolute Gasteiger partial charge is 0.311 e. The molecule has 200 valence electrons. The molecule has 1 nitrogen and oxygen atoms in total. The number of benzene rings is 4. The van der Waals surface area contributed by atoms with Gasteiger partial charge in [-0.2, -0.15) is 0 Å². The van der Waals surface area contributed by atoms with Crippen LogP contribution in [0.1, 0.15) is 101 Å².